The lowest BCUT2D eigenvalue weighted by Gasteiger charge is -2.17. The summed E-state index contributed by atoms with van der Waals surface area (Å²) in [7, 11) is 5.72. The summed E-state index contributed by atoms with van der Waals surface area (Å²) in [5.41, 5.74) is 3.45. The van der Waals surface area contributed by atoms with Gasteiger partial charge in [0.25, 0.3) is 0 Å². The van der Waals surface area contributed by atoms with E-state index >= 15 is 0 Å². The summed E-state index contributed by atoms with van der Waals surface area (Å²) in [6.45, 7) is 2.46. The van der Waals surface area contributed by atoms with Gasteiger partial charge in [-0.1, -0.05) is 25.1 Å². The number of aryl methyl sites for hydroxylation is 2. The number of carboxylic acids is 1. The number of thioether (sulfide) groups is 1. The van der Waals surface area contributed by atoms with Crippen molar-refractivity contribution in [2.24, 2.45) is 7.05 Å². The van der Waals surface area contributed by atoms with Crippen molar-refractivity contribution in [2.45, 2.75) is 30.5 Å². The standard InChI is InChI=1S/C22H25BrN2O3S/c1-5-14-19(23)21(26)15(11-24(2)3)17-18(22(27)28)16(25(4)20(14)17)12-29-13-9-7-6-8-10-13/h6-10,26H,5,11-12H2,1-4H3,(H,27,28). The van der Waals surface area contributed by atoms with Gasteiger partial charge in [-0.15, -0.1) is 11.8 Å². The zero-order valence-electron chi connectivity index (χ0n) is 17.0. The first kappa shape index (κ1) is 21.7. The number of aromatic hydroxyl groups is 1. The quantitative estimate of drug-likeness (QED) is 0.455. The Morgan fingerprint density at radius 1 is 1.21 bits per heavy atom. The van der Waals surface area contributed by atoms with E-state index < -0.39 is 5.97 Å². The topological polar surface area (TPSA) is 65.7 Å². The molecular weight excluding hydrogens is 452 g/mol. The Bertz CT molecular complexity index is 1060. The zero-order valence-corrected chi connectivity index (χ0v) is 19.4. The van der Waals surface area contributed by atoms with E-state index in [1.807, 2.05) is 67.9 Å². The molecule has 3 rings (SSSR count). The van der Waals surface area contributed by atoms with Gasteiger partial charge in [0.2, 0.25) is 0 Å². The maximum atomic E-state index is 12.4. The second-order valence-electron chi connectivity index (χ2n) is 7.22. The monoisotopic (exact) mass is 476 g/mol. The van der Waals surface area contributed by atoms with Crippen LogP contribution in [0.3, 0.4) is 0 Å². The molecule has 0 aliphatic heterocycles. The molecule has 0 saturated heterocycles. The van der Waals surface area contributed by atoms with E-state index in [1.54, 1.807) is 11.8 Å². The normalized spacial score (nSPS) is 11.5. The van der Waals surface area contributed by atoms with Crippen LogP contribution in [-0.4, -0.2) is 39.7 Å². The van der Waals surface area contributed by atoms with Crippen LogP contribution in [0.1, 0.15) is 34.1 Å². The van der Waals surface area contributed by atoms with Crippen molar-refractivity contribution in [3.05, 3.63) is 57.2 Å². The van der Waals surface area contributed by atoms with Gasteiger partial charge < -0.3 is 19.7 Å². The first-order valence-corrected chi connectivity index (χ1v) is 11.1. The number of aromatic carboxylic acids is 1. The summed E-state index contributed by atoms with van der Waals surface area (Å²) in [4.78, 5) is 15.4. The Kier molecular flexibility index (Phi) is 6.61. The molecule has 29 heavy (non-hydrogen) atoms. The summed E-state index contributed by atoms with van der Waals surface area (Å²) in [6, 6.07) is 9.95. The van der Waals surface area contributed by atoms with Gasteiger partial charge in [0.05, 0.1) is 15.6 Å². The molecule has 154 valence electrons. The third kappa shape index (κ3) is 4.04. The number of nitrogens with zero attached hydrogens (tertiary/aromatic N) is 2. The number of aromatic nitrogens is 1. The average Bonchev–Trinajstić information content (AvgIpc) is 2.97. The second-order valence-corrected chi connectivity index (χ2v) is 9.06. The molecule has 5 nitrogen and oxygen atoms in total. The van der Waals surface area contributed by atoms with E-state index in [-0.39, 0.29) is 11.3 Å². The van der Waals surface area contributed by atoms with E-state index in [4.69, 9.17) is 0 Å². The van der Waals surface area contributed by atoms with Gasteiger partial charge in [0, 0.05) is 40.9 Å². The Labute approximate surface area is 183 Å². The van der Waals surface area contributed by atoms with Crippen molar-refractivity contribution in [3.8, 4) is 5.75 Å². The van der Waals surface area contributed by atoms with E-state index in [2.05, 4.69) is 15.9 Å². The molecule has 2 aromatic carbocycles. The molecular formula is C22H25BrN2O3S. The Balaban J connectivity index is 2.30. The molecule has 2 N–H and O–H groups in total. The first-order chi connectivity index (χ1) is 13.8. The molecule has 0 saturated carbocycles. The number of hydrogen-bond donors (Lipinski definition) is 2. The Hall–Kier alpha value is -1.96. The zero-order chi connectivity index (χ0) is 21.3. The number of fused-ring (bicyclic) bond motifs is 1. The minimum Gasteiger partial charge on any atom is -0.506 e. The SMILES string of the molecule is CCc1c(Br)c(O)c(CN(C)C)c2c(C(=O)O)c(CSc3ccccc3)n(C)c12. The first-order valence-electron chi connectivity index (χ1n) is 9.37. The van der Waals surface area contributed by atoms with Gasteiger partial charge in [0.15, 0.2) is 0 Å². The van der Waals surface area contributed by atoms with Gasteiger partial charge in [-0.05, 0) is 54.1 Å². The van der Waals surface area contributed by atoms with Gasteiger partial charge in [0.1, 0.15) is 5.75 Å². The molecule has 1 aromatic heterocycles. The van der Waals surface area contributed by atoms with Crippen LogP contribution in [0.25, 0.3) is 10.9 Å². The highest BCUT2D eigenvalue weighted by Crippen LogP contribution is 2.43. The van der Waals surface area contributed by atoms with Crippen molar-refractivity contribution < 1.29 is 15.0 Å². The van der Waals surface area contributed by atoms with Crippen molar-refractivity contribution in [2.75, 3.05) is 14.1 Å². The molecule has 0 atom stereocenters. The molecule has 0 amide bonds. The van der Waals surface area contributed by atoms with E-state index in [9.17, 15) is 15.0 Å². The lowest BCUT2D eigenvalue weighted by atomic mass is 9.98. The fourth-order valence-corrected chi connectivity index (χ4v) is 5.44. The fourth-order valence-electron chi connectivity index (χ4n) is 3.74. The molecule has 0 spiro atoms. The molecule has 0 bridgehead atoms. The van der Waals surface area contributed by atoms with Crippen LogP contribution in [0.15, 0.2) is 39.7 Å². The lowest BCUT2D eigenvalue weighted by molar-refractivity contribution is 0.0698. The summed E-state index contributed by atoms with van der Waals surface area (Å²) in [5, 5.41) is 21.7. The number of rotatable bonds is 7. The van der Waals surface area contributed by atoms with Crippen molar-refractivity contribution in [1.82, 2.24) is 9.47 Å². The minimum atomic E-state index is -0.969. The van der Waals surface area contributed by atoms with Gasteiger partial charge in [-0.2, -0.15) is 0 Å². The highest BCUT2D eigenvalue weighted by molar-refractivity contribution is 9.10. The molecule has 7 heteroatoms. The van der Waals surface area contributed by atoms with E-state index in [1.165, 1.54) is 0 Å². The maximum absolute atomic E-state index is 12.4. The Morgan fingerprint density at radius 3 is 2.41 bits per heavy atom. The predicted molar refractivity (Wildman–Crippen MR) is 122 cm³/mol. The number of hydrogen-bond acceptors (Lipinski definition) is 4. The molecule has 0 radical (unpaired) electrons. The van der Waals surface area contributed by atoms with Crippen molar-refractivity contribution in [1.29, 1.82) is 0 Å². The largest absolute Gasteiger partial charge is 0.506 e. The van der Waals surface area contributed by atoms with Crippen LogP contribution in [-0.2, 0) is 25.8 Å². The molecule has 3 aromatic rings. The predicted octanol–water partition coefficient (Wildman–Crippen LogP) is 5.26. The van der Waals surface area contributed by atoms with Crippen LogP contribution < -0.4 is 0 Å². The smallest absolute Gasteiger partial charge is 0.338 e. The summed E-state index contributed by atoms with van der Waals surface area (Å²) < 4.78 is 2.63. The number of carboxylic acid groups (broad SMARTS) is 1. The number of halogens is 1. The Morgan fingerprint density at radius 2 is 1.86 bits per heavy atom. The molecule has 1 heterocycles. The van der Waals surface area contributed by atoms with Crippen molar-refractivity contribution >= 4 is 44.6 Å². The van der Waals surface area contributed by atoms with Crippen LogP contribution >= 0.6 is 27.7 Å². The third-order valence-electron chi connectivity index (χ3n) is 5.02. The van der Waals surface area contributed by atoms with Crippen LogP contribution in [0.4, 0.5) is 0 Å². The fraction of sp³-hybridized carbons (Fsp3) is 0.318. The summed E-state index contributed by atoms with van der Waals surface area (Å²) in [6.07, 6.45) is 0.676. The number of phenols is 1. The van der Waals surface area contributed by atoms with Crippen molar-refractivity contribution in [3.63, 3.8) is 0 Å². The number of benzene rings is 2. The van der Waals surface area contributed by atoms with Gasteiger partial charge in [-0.3, -0.25) is 0 Å². The highest BCUT2D eigenvalue weighted by Gasteiger charge is 2.28. The third-order valence-corrected chi connectivity index (χ3v) is 6.90. The molecule has 0 aliphatic rings. The van der Waals surface area contributed by atoms with E-state index in [0.717, 1.165) is 21.7 Å². The number of phenolic OH excluding ortho intramolecular Hbond substituents is 1. The molecule has 0 aliphatic carbocycles. The summed E-state index contributed by atoms with van der Waals surface area (Å²) in [5.74, 6) is -0.318. The molecule has 0 unspecified atom stereocenters. The second kappa shape index (κ2) is 8.81. The van der Waals surface area contributed by atoms with Gasteiger partial charge >= 0.3 is 5.97 Å². The maximum Gasteiger partial charge on any atom is 0.338 e. The number of carbonyl (C=O) groups is 1. The highest BCUT2D eigenvalue weighted by atomic mass is 79.9. The van der Waals surface area contributed by atoms with Crippen LogP contribution in [0.2, 0.25) is 0 Å². The minimum absolute atomic E-state index is 0.124. The van der Waals surface area contributed by atoms with Crippen LogP contribution in [0.5, 0.6) is 5.75 Å². The van der Waals surface area contributed by atoms with E-state index in [0.29, 0.717) is 34.1 Å². The lowest BCUT2D eigenvalue weighted by Crippen LogP contribution is -2.12. The molecule has 0 fully saturated rings. The average molecular weight is 477 g/mol. The van der Waals surface area contributed by atoms with Crippen LogP contribution in [0, 0.1) is 0 Å². The van der Waals surface area contributed by atoms with Gasteiger partial charge in [-0.25, -0.2) is 4.79 Å². The summed E-state index contributed by atoms with van der Waals surface area (Å²) >= 11 is 5.16.